The van der Waals surface area contributed by atoms with Crippen LogP contribution in [0.1, 0.15) is 32.1 Å². The first kappa shape index (κ1) is 8.52. The monoisotopic (exact) mass is 170 g/mol. The van der Waals surface area contributed by atoms with Crippen molar-refractivity contribution in [2.45, 2.75) is 50.3 Å². The summed E-state index contributed by atoms with van der Waals surface area (Å²) in [4.78, 5) is 0. The van der Waals surface area contributed by atoms with Gasteiger partial charge in [-0.1, -0.05) is 0 Å². The summed E-state index contributed by atoms with van der Waals surface area (Å²) in [6, 6.07) is 1.46. The second kappa shape index (κ2) is 2.71. The molecule has 2 nitrogen and oxygen atoms in total. The summed E-state index contributed by atoms with van der Waals surface area (Å²) in [7, 11) is 4.67. The second-order valence-corrected chi connectivity index (χ2v) is 4.99. The van der Waals surface area contributed by atoms with Crippen LogP contribution in [0.3, 0.4) is 0 Å². The van der Waals surface area contributed by atoms with Crippen molar-refractivity contribution in [2.75, 3.05) is 14.1 Å². The molecule has 0 aliphatic carbocycles. The van der Waals surface area contributed by atoms with Gasteiger partial charge in [-0.2, -0.15) is 0 Å². The highest BCUT2D eigenvalue weighted by Crippen LogP contribution is 2.37. The number of piperidine rings is 2. The number of nitrogens with zero attached hydrogens (tertiary/aromatic N) is 1. The standard InChI is InChI=1S/C10H20NO/c1-11(2)8-4-3-5-9(11)7-10(12)6-8/h8-10,12H,3-7H2,1-2H3/q+1. The molecule has 0 radical (unpaired) electrons. The Bertz CT molecular complexity index is 163. The zero-order chi connectivity index (χ0) is 8.77. The normalized spacial score (nSPS) is 45.8. The van der Waals surface area contributed by atoms with E-state index in [-0.39, 0.29) is 6.10 Å². The van der Waals surface area contributed by atoms with Crippen LogP contribution in [-0.4, -0.2) is 41.9 Å². The molecular formula is C10H20NO+. The summed E-state index contributed by atoms with van der Waals surface area (Å²) in [6.45, 7) is 0. The van der Waals surface area contributed by atoms with E-state index in [0.29, 0.717) is 0 Å². The Hall–Kier alpha value is -0.0800. The molecule has 12 heavy (non-hydrogen) atoms. The number of aliphatic hydroxyl groups excluding tert-OH is 1. The van der Waals surface area contributed by atoms with Gasteiger partial charge >= 0.3 is 0 Å². The Kier molecular flexibility index (Phi) is 1.92. The Balaban J connectivity index is 2.18. The molecular weight excluding hydrogens is 150 g/mol. The minimum atomic E-state index is -0.00792. The lowest BCUT2D eigenvalue weighted by atomic mass is 9.81. The molecule has 2 fully saturated rings. The van der Waals surface area contributed by atoms with E-state index < -0.39 is 0 Å². The zero-order valence-electron chi connectivity index (χ0n) is 8.16. The van der Waals surface area contributed by atoms with Crippen molar-refractivity contribution in [3.05, 3.63) is 0 Å². The first-order valence-corrected chi connectivity index (χ1v) is 5.12. The molecule has 2 rings (SSSR count). The van der Waals surface area contributed by atoms with Gasteiger partial charge in [0.2, 0.25) is 0 Å². The van der Waals surface area contributed by atoms with Crippen LogP contribution in [0, 0.1) is 0 Å². The molecule has 0 aromatic rings. The third-order valence-corrected chi connectivity index (χ3v) is 4.05. The fraction of sp³-hybridized carbons (Fsp3) is 1.00. The fourth-order valence-electron chi connectivity index (χ4n) is 3.06. The van der Waals surface area contributed by atoms with Crippen molar-refractivity contribution in [2.24, 2.45) is 0 Å². The minimum absolute atomic E-state index is 0.00792. The molecule has 0 spiro atoms. The molecule has 2 bridgehead atoms. The van der Waals surface area contributed by atoms with Crippen molar-refractivity contribution in [3.8, 4) is 0 Å². The van der Waals surface area contributed by atoms with Crippen LogP contribution in [0.5, 0.6) is 0 Å². The van der Waals surface area contributed by atoms with Gasteiger partial charge in [0.15, 0.2) is 0 Å². The molecule has 70 valence electrons. The van der Waals surface area contributed by atoms with Crippen LogP contribution in [0.4, 0.5) is 0 Å². The highest BCUT2D eigenvalue weighted by atomic mass is 16.3. The molecule has 2 aliphatic heterocycles. The lowest BCUT2D eigenvalue weighted by Gasteiger charge is -2.52. The van der Waals surface area contributed by atoms with Crippen molar-refractivity contribution in [1.29, 1.82) is 0 Å². The molecule has 0 aromatic carbocycles. The number of rotatable bonds is 0. The zero-order valence-corrected chi connectivity index (χ0v) is 8.16. The van der Waals surface area contributed by atoms with Gasteiger partial charge in [-0.05, 0) is 19.3 Å². The lowest BCUT2D eigenvalue weighted by molar-refractivity contribution is -0.950. The minimum Gasteiger partial charge on any atom is -0.393 e. The maximum atomic E-state index is 9.64. The fourth-order valence-corrected chi connectivity index (χ4v) is 3.06. The molecule has 2 saturated heterocycles. The molecule has 0 amide bonds. The summed E-state index contributed by atoms with van der Waals surface area (Å²) < 4.78 is 1.16. The van der Waals surface area contributed by atoms with Crippen LogP contribution in [0.25, 0.3) is 0 Å². The third kappa shape index (κ3) is 1.17. The molecule has 2 heteroatoms. The van der Waals surface area contributed by atoms with Gasteiger partial charge in [-0.3, -0.25) is 0 Å². The molecule has 2 heterocycles. The van der Waals surface area contributed by atoms with E-state index in [0.717, 1.165) is 29.4 Å². The highest BCUT2D eigenvalue weighted by Gasteiger charge is 2.45. The summed E-state index contributed by atoms with van der Waals surface area (Å²) in [5.41, 5.74) is 0. The number of aliphatic hydroxyl groups is 1. The first-order chi connectivity index (χ1) is 5.60. The Morgan fingerprint density at radius 1 is 1.08 bits per heavy atom. The van der Waals surface area contributed by atoms with E-state index in [2.05, 4.69) is 14.1 Å². The quantitative estimate of drug-likeness (QED) is 0.540. The van der Waals surface area contributed by atoms with E-state index >= 15 is 0 Å². The van der Waals surface area contributed by atoms with Crippen LogP contribution in [0.2, 0.25) is 0 Å². The van der Waals surface area contributed by atoms with Gasteiger partial charge in [-0.25, -0.2) is 0 Å². The summed E-state index contributed by atoms with van der Waals surface area (Å²) >= 11 is 0. The lowest BCUT2D eigenvalue weighted by Crippen LogP contribution is -2.63. The van der Waals surface area contributed by atoms with Crippen molar-refractivity contribution < 1.29 is 9.59 Å². The molecule has 2 atom stereocenters. The summed E-state index contributed by atoms with van der Waals surface area (Å²) in [5, 5.41) is 9.64. The Morgan fingerprint density at radius 2 is 1.58 bits per heavy atom. The second-order valence-electron chi connectivity index (χ2n) is 4.99. The third-order valence-electron chi connectivity index (χ3n) is 4.05. The van der Waals surface area contributed by atoms with Gasteiger partial charge in [-0.15, -0.1) is 0 Å². The van der Waals surface area contributed by atoms with E-state index in [1.165, 1.54) is 19.3 Å². The Labute approximate surface area is 74.8 Å². The number of hydrogen-bond acceptors (Lipinski definition) is 1. The number of hydrogen-bond donors (Lipinski definition) is 1. The molecule has 2 aliphatic rings. The average Bonchev–Trinajstić information content (AvgIpc) is 1.92. The van der Waals surface area contributed by atoms with E-state index in [1.54, 1.807) is 0 Å². The van der Waals surface area contributed by atoms with E-state index in [1.807, 2.05) is 0 Å². The van der Waals surface area contributed by atoms with Gasteiger partial charge in [0.1, 0.15) is 0 Å². The van der Waals surface area contributed by atoms with Crippen LogP contribution in [-0.2, 0) is 0 Å². The molecule has 0 aromatic heterocycles. The van der Waals surface area contributed by atoms with Gasteiger partial charge in [0, 0.05) is 12.8 Å². The topological polar surface area (TPSA) is 20.2 Å². The maximum absolute atomic E-state index is 9.64. The van der Waals surface area contributed by atoms with Crippen LogP contribution >= 0.6 is 0 Å². The predicted molar refractivity (Wildman–Crippen MR) is 48.8 cm³/mol. The van der Waals surface area contributed by atoms with Gasteiger partial charge < -0.3 is 9.59 Å². The summed E-state index contributed by atoms with van der Waals surface area (Å²) in [6.07, 6.45) is 6.07. The van der Waals surface area contributed by atoms with Gasteiger partial charge in [0.05, 0.1) is 32.3 Å². The molecule has 0 saturated carbocycles. The summed E-state index contributed by atoms with van der Waals surface area (Å²) in [5.74, 6) is 0. The van der Waals surface area contributed by atoms with Gasteiger partial charge in [0.25, 0.3) is 0 Å². The average molecular weight is 170 g/mol. The van der Waals surface area contributed by atoms with E-state index in [9.17, 15) is 5.11 Å². The predicted octanol–water partition coefficient (Wildman–Crippen LogP) is 1.14. The SMILES string of the molecule is C[N+]1(C)C2CCCC1CC(O)C2. The van der Waals surface area contributed by atoms with E-state index in [4.69, 9.17) is 0 Å². The van der Waals surface area contributed by atoms with Crippen molar-refractivity contribution >= 4 is 0 Å². The van der Waals surface area contributed by atoms with Crippen LogP contribution in [0.15, 0.2) is 0 Å². The number of quaternary nitrogens is 1. The van der Waals surface area contributed by atoms with Crippen molar-refractivity contribution in [3.63, 3.8) is 0 Å². The number of fused-ring (bicyclic) bond motifs is 2. The smallest absolute Gasteiger partial charge is 0.0913 e. The molecule has 1 N–H and O–H groups in total. The highest BCUT2D eigenvalue weighted by molar-refractivity contribution is 4.82. The largest absolute Gasteiger partial charge is 0.393 e. The van der Waals surface area contributed by atoms with Crippen LogP contribution < -0.4 is 0 Å². The first-order valence-electron chi connectivity index (χ1n) is 5.12. The van der Waals surface area contributed by atoms with Crippen molar-refractivity contribution in [1.82, 2.24) is 0 Å². The molecule has 2 unspecified atom stereocenters. The Morgan fingerprint density at radius 3 is 2.08 bits per heavy atom. The maximum Gasteiger partial charge on any atom is 0.0913 e.